The molecule has 2 unspecified atom stereocenters. The van der Waals surface area contributed by atoms with Crippen molar-refractivity contribution in [3.05, 3.63) is 68.3 Å². The van der Waals surface area contributed by atoms with Crippen molar-refractivity contribution in [2.24, 2.45) is 5.73 Å². The van der Waals surface area contributed by atoms with Gasteiger partial charge in [0.15, 0.2) is 0 Å². The second-order valence-electron chi connectivity index (χ2n) is 4.85. The Morgan fingerprint density at radius 3 is 2.42 bits per heavy atom. The summed E-state index contributed by atoms with van der Waals surface area (Å²) in [4.78, 5) is 0. The largest absolute Gasteiger partial charge is 0.327 e. The van der Waals surface area contributed by atoms with E-state index in [1.807, 2.05) is 12.1 Å². The first-order valence-electron chi connectivity index (χ1n) is 6.32. The second kappa shape index (κ2) is 6.73. The van der Waals surface area contributed by atoms with Crippen LogP contribution in [0, 0.1) is 3.57 Å². The molecule has 0 radical (unpaired) electrons. The van der Waals surface area contributed by atoms with Crippen LogP contribution in [0.4, 0.5) is 0 Å². The van der Waals surface area contributed by atoms with Crippen molar-refractivity contribution < 1.29 is 0 Å². The number of hydrogen-bond donors (Lipinski definition) is 1. The number of hydrogen-bond acceptors (Lipinski definition) is 1. The fraction of sp³-hybridized carbons (Fsp3) is 0.250. The number of benzene rings is 2. The van der Waals surface area contributed by atoms with Crippen LogP contribution in [0.1, 0.15) is 24.0 Å². The third-order valence-corrected chi connectivity index (χ3v) is 4.20. The van der Waals surface area contributed by atoms with Crippen LogP contribution in [0.25, 0.3) is 0 Å². The molecule has 100 valence electrons. The molecule has 0 amide bonds. The first-order chi connectivity index (χ1) is 9.06. The fourth-order valence-electron chi connectivity index (χ4n) is 2.22. The van der Waals surface area contributed by atoms with Crippen LogP contribution in [0.15, 0.2) is 48.5 Å². The van der Waals surface area contributed by atoms with E-state index in [1.165, 1.54) is 14.7 Å². The van der Waals surface area contributed by atoms with Crippen LogP contribution in [-0.4, -0.2) is 6.04 Å². The molecular formula is C16H17ClIN. The summed E-state index contributed by atoms with van der Waals surface area (Å²) in [5, 5.41) is 0.773. The molecule has 2 aromatic carbocycles. The lowest BCUT2D eigenvalue weighted by atomic mass is 9.87. The molecule has 0 aliphatic rings. The summed E-state index contributed by atoms with van der Waals surface area (Å²) in [6.07, 6.45) is 0.939. The Labute approximate surface area is 133 Å². The summed E-state index contributed by atoms with van der Waals surface area (Å²) in [5.41, 5.74) is 8.74. The number of halogens is 2. The Morgan fingerprint density at radius 2 is 1.84 bits per heavy atom. The Bertz CT molecular complexity index is 537. The molecule has 0 saturated heterocycles. The van der Waals surface area contributed by atoms with Gasteiger partial charge < -0.3 is 5.73 Å². The average molecular weight is 386 g/mol. The SMILES string of the molecule is CC(N)C(Cc1ccc(Cl)cc1)c1cccc(I)c1. The lowest BCUT2D eigenvalue weighted by Crippen LogP contribution is -2.26. The van der Waals surface area contributed by atoms with Gasteiger partial charge in [-0.15, -0.1) is 0 Å². The lowest BCUT2D eigenvalue weighted by Gasteiger charge is -2.21. The van der Waals surface area contributed by atoms with E-state index < -0.39 is 0 Å². The van der Waals surface area contributed by atoms with Gasteiger partial charge in [0.05, 0.1) is 0 Å². The van der Waals surface area contributed by atoms with Gasteiger partial charge in [0.2, 0.25) is 0 Å². The van der Waals surface area contributed by atoms with Crippen LogP contribution in [0.3, 0.4) is 0 Å². The molecule has 0 heterocycles. The van der Waals surface area contributed by atoms with Crippen LogP contribution >= 0.6 is 34.2 Å². The molecule has 2 N–H and O–H groups in total. The third kappa shape index (κ3) is 4.20. The van der Waals surface area contributed by atoms with Crippen molar-refractivity contribution in [1.29, 1.82) is 0 Å². The zero-order chi connectivity index (χ0) is 13.8. The van der Waals surface area contributed by atoms with Crippen molar-refractivity contribution in [2.45, 2.75) is 25.3 Å². The van der Waals surface area contributed by atoms with Gasteiger partial charge in [0.25, 0.3) is 0 Å². The molecule has 0 bridgehead atoms. The minimum absolute atomic E-state index is 0.119. The van der Waals surface area contributed by atoms with Crippen LogP contribution in [0.2, 0.25) is 5.02 Å². The van der Waals surface area contributed by atoms with E-state index in [2.05, 4.69) is 65.9 Å². The molecule has 0 spiro atoms. The smallest absolute Gasteiger partial charge is 0.0406 e. The number of nitrogens with two attached hydrogens (primary N) is 1. The molecule has 0 aliphatic heterocycles. The summed E-state index contributed by atoms with van der Waals surface area (Å²) in [5.74, 6) is 0.330. The van der Waals surface area contributed by atoms with Gasteiger partial charge in [-0.2, -0.15) is 0 Å². The second-order valence-corrected chi connectivity index (χ2v) is 6.53. The molecule has 3 heteroatoms. The van der Waals surface area contributed by atoms with Crippen molar-refractivity contribution in [1.82, 2.24) is 0 Å². The normalized spacial score (nSPS) is 14.1. The molecule has 19 heavy (non-hydrogen) atoms. The minimum atomic E-state index is 0.119. The van der Waals surface area contributed by atoms with E-state index in [1.54, 1.807) is 0 Å². The summed E-state index contributed by atoms with van der Waals surface area (Å²) < 4.78 is 1.25. The highest BCUT2D eigenvalue weighted by atomic mass is 127. The van der Waals surface area contributed by atoms with Crippen molar-refractivity contribution >= 4 is 34.2 Å². The maximum atomic E-state index is 6.17. The summed E-state index contributed by atoms with van der Waals surface area (Å²) >= 11 is 8.26. The zero-order valence-corrected chi connectivity index (χ0v) is 13.7. The van der Waals surface area contributed by atoms with Crippen molar-refractivity contribution in [2.75, 3.05) is 0 Å². The molecule has 0 aromatic heterocycles. The lowest BCUT2D eigenvalue weighted by molar-refractivity contribution is 0.565. The average Bonchev–Trinajstić information content (AvgIpc) is 2.37. The van der Waals surface area contributed by atoms with Gasteiger partial charge in [-0.3, -0.25) is 0 Å². The highest BCUT2D eigenvalue weighted by Crippen LogP contribution is 2.25. The Morgan fingerprint density at radius 1 is 1.16 bits per heavy atom. The summed E-state index contributed by atoms with van der Waals surface area (Å²) in [6.45, 7) is 2.07. The molecule has 2 rings (SSSR count). The topological polar surface area (TPSA) is 26.0 Å². The van der Waals surface area contributed by atoms with E-state index in [-0.39, 0.29) is 6.04 Å². The zero-order valence-electron chi connectivity index (χ0n) is 10.8. The van der Waals surface area contributed by atoms with Crippen LogP contribution in [0.5, 0.6) is 0 Å². The van der Waals surface area contributed by atoms with Gasteiger partial charge in [0.1, 0.15) is 0 Å². The molecule has 0 fully saturated rings. The highest BCUT2D eigenvalue weighted by Gasteiger charge is 2.17. The molecule has 2 aromatic rings. The Balaban J connectivity index is 2.23. The quantitative estimate of drug-likeness (QED) is 0.764. The maximum absolute atomic E-state index is 6.17. The highest BCUT2D eigenvalue weighted by molar-refractivity contribution is 14.1. The van der Waals surface area contributed by atoms with E-state index in [4.69, 9.17) is 17.3 Å². The minimum Gasteiger partial charge on any atom is -0.327 e. The van der Waals surface area contributed by atoms with E-state index in [0.29, 0.717) is 5.92 Å². The molecule has 1 nitrogen and oxygen atoms in total. The van der Waals surface area contributed by atoms with Gasteiger partial charge in [-0.25, -0.2) is 0 Å². The van der Waals surface area contributed by atoms with E-state index >= 15 is 0 Å². The predicted octanol–water partition coefficient (Wildman–Crippen LogP) is 4.62. The fourth-order valence-corrected chi connectivity index (χ4v) is 2.91. The molecule has 0 saturated carbocycles. The first-order valence-corrected chi connectivity index (χ1v) is 7.77. The van der Waals surface area contributed by atoms with Crippen molar-refractivity contribution in [3.8, 4) is 0 Å². The molecule has 0 aliphatic carbocycles. The maximum Gasteiger partial charge on any atom is 0.0406 e. The summed E-state index contributed by atoms with van der Waals surface area (Å²) in [6, 6.07) is 16.7. The predicted molar refractivity (Wildman–Crippen MR) is 90.7 cm³/mol. The Hall–Kier alpha value is -0.580. The standard InChI is InChI=1S/C16H17ClIN/c1-11(19)16(13-3-2-4-15(18)10-13)9-12-5-7-14(17)8-6-12/h2-8,10-11,16H,9,19H2,1H3. The molecular weight excluding hydrogens is 369 g/mol. The van der Waals surface area contributed by atoms with Gasteiger partial charge in [0, 0.05) is 20.6 Å². The third-order valence-electron chi connectivity index (χ3n) is 3.28. The van der Waals surface area contributed by atoms with E-state index in [0.717, 1.165) is 11.4 Å². The monoisotopic (exact) mass is 385 g/mol. The van der Waals surface area contributed by atoms with E-state index in [9.17, 15) is 0 Å². The Kier molecular flexibility index (Phi) is 5.25. The van der Waals surface area contributed by atoms with Crippen molar-refractivity contribution in [3.63, 3.8) is 0 Å². The van der Waals surface area contributed by atoms with Gasteiger partial charge in [-0.1, -0.05) is 35.9 Å². The number of rotatable bonds is 4. The first kappa shape index (κ1) is 14.8. The summed E-state index contributed by atoms with van der Waals surface area (Å²) in [7, 11) is 0. The van der Waals surface area contributed by atoms with Crippen LogP contribution < -0.4 is 5.73 Å². The van der Waals surface area contributed by atoms with Gasteiger partial charge >= 0.3 is 0 Å². The van der Waals surface area contributed by atoms with Crippen LogP contribution in [-0.2, 0) is 6.42 Å². The van der Waals surface area contributed by atoms with Gasteiger partial charge in [-0.05, 0) is 71.3 Å². The molecule has 2 atom stereocenters.